The van der Waals surface area contributed by atoms with Gasteiger partial charge >= 0.3 is 17.9 Å². The van der Waals surface area contributed by atoms with Crippen LogP contribution in [0.25, 0.3) is 44.6 Å². The first-order chi connectivity index (χ1) is 31.3. The van der Waals surface area contributed by atoms with E-state index in [1.807, 2.05) is 6.07 Å². The van der Waals surface area contributed by atoms with Crippen LogP contribution in [0.5, 0.6) is 11.5 Å². The van der Waals surface area contributed by atoms with Gasteiger partial charge in [-0.3, -0.25) is 9.59 Å². The summed E-state index contributed by atoms with van der Waals surface area (Å²) in [5.74, 6) is -2.12. The first-order valence-electron chi connectivity index (χ1n) is 21.4. The molecule has 0 aliphatic carbocycles. The van der Waals surface area contributed by atoms with Gasteiger partial charge in [0, 0.05) is 33.0 Å². The number of pyridine rings is 4. The monoisotopic (exact) mass is 896 g/mol. The number of benzene rings is 2. The Bertz CT molecular complexity index is 3310. The number of carbonyl (C=O) groups excluding carboxylic acids is 3. The number of rotatable bonds is 9. The Labute approximate surface area is 375 Å². The molecule has 1 unspecified atom stereocenters. The summed E-state index contributed by atoms with van der Waals surface area (Å²) < 4.78 is 31.7. The summed E-state index contributed by atoms with van der Waals surface area (Å²) in [5.41, 5.74) is -1.47. The highest BCUT2D eigenvalue weighted by Crippen LogP contribution is 2.43. The Morgan fingerprint density at radius 2 is 1.50 bits per heavy atom. The van der Waals surface area contributed by atoms with Crippen LogP contribution < -0.4 is 15.9 Å². The lowest BCUT2D eigenvalue weighted by molar-refractivity contribution is -0.191. The lowest BCUT2D eigenvalue weighted by atomic mass is 9.84. The van der Waals surface area contributed by atoms with Crippen LogP contribution in [-0.2, 0) is 77.4 Å². The molecule has 4 aromatic heterocycles. The normalized spacial score (nSPS) is 19.5. The van der Waals surface area contributed by atoms with E-state index in [0.29, 0.717) is 67.0 Å². The third-order valence-corrected chi connectivity index (χ3v) is 12.9. The Hall–Kier alpha value is -7.21. The number of aromatic hydroxyl groups is 1. The van der Waals surface area contributed by atoms with E-state index in [4.69, 9.17) is 33.7 Å². The fraction of sp³-hybridized carbons (Fsp3) is 0.327. The second-order valence-electron chi connectivity index (χ2n) is 18.1. The summed E-state index contributed by atoms with van der Waals surface area (Å²) in [7, 11) is 0. The molecule has 3 atom stereocenters. The number of aliphatic hydroxyl groups is 2. The molecule has 66 heavy (non-hydrogen) atoms. The molecule has 338 valence electrons. The van der Waals surface area contributed by atoms with E-state index >= 15 is 0 Å². The smallest absolute Gasteiger partial charge is 0.345 e. The predicted octanol–water partition coefficient (Wildman–Crippen LogP) is 4.65. The van der Waals surface area contributed by atoms with Crippen molar-refractivity contribution in [1.29, 1.82) is 0 Å². The van der Waals surface area contributed by atoms with Gasteiger partial charge in [-0.2, -0.15) is 0 Å². The Morgan fingerprint density at radius 3 is 2.23 bits per heavy atom. The predicted molar refractivity (Wildman–Crippen MR) is 235 cm³/mol. The molecular formula is C49H44N4O13. The van der Waals surface area contributed by atoms with Crippen LogP contribution in [0.15, 0.2) is 76.3 Å². The number of phenolic OH excluding ortho intramolecular Hbond substituents is 1. The first kappa shape index (κ1) is 42.7. The molecule has 17 heteroatoms. The number of esters is 3. The van der Waals surface area contributed by atoms with Crippen LogP contribution >= 0.6 is 0 Å². The molecule has 2 aromatic carbocycles. The highest BCUT2D eigenvalue weighted by molar-refractivity contribution is 5.91. The average Bonchev–Trinajstić information content (AvgIpc) is 3.83. The topological polar surface area (TPSA) is 228 Å². The molecule has 4 aliphatic heterocycles. The molecule has 0 saturated heterocycles. The van der Waals surface area contributed by atoms with Gasteiger partial charge in [-0.25, -0.2) is 24.4 Å². The molecular weight excluding hydrogens is 853 g/mol. The number of cyclic esters (lactones) is 2. The molecule has 4 aliphatic rings. The maximum absolute atomic E-state index is 14.2. The van der Waals surface area contributed by atoms with E-state index in [-0.39, 0.29) is 79.5 Å². The molecule has 3 N–H and O–H groups in total. The van der Waals surface area contributed by atoms with E-state index in [2.05, 4.69) is 6.58 Å². The Kier molecular flexibility index (Phi) is 9.65. The van der Waals surface area contributed by atoms with Gasteiger partial charge in [0.05, 0.1) is 76.3 Å². The van der Waals surface area contributed by atoms with E-state index in [0.717, 1.165) is 0 Å². The fourth-order valence-corrected chi connectivity index (χ4v) is 9.29. The SMILES string of the molecule is C=C(COc1ccc2nc3c(c(COC(C)[C@@]4(O)C(=O)OCc5c4cc4n(c5=O)Cc5cc6cc(O)ccc6nc5-4)c2c1)Cn1c-3cc2c(c1=O)COC(=O)[C@]2(O)CC)C(=O)OC(C)(C)C. The molecule has 17 nitrogen and oxygen atoms in total. The van der Waals surface area contributed by atoms with E-state index in [1.165, 1.54) is 22.1 Å². The number of hydrogen-bond acceptors (Lipinski definition) is 15. The molecule has 0 spiro atoms. The van der Waals surface area contributed by atoms with Gasteiger partial charge in [-0.1, -0.05) is 13.5 Å². The molecule has 0 bridgehead atoms. The summed E-state index contributed by atoms with van der Waals surface area (Å²) in [6.07, 6.45) is -1.40. The van der Waals surface area contributed by atoms with Crippen LogP contribution in [0.2, 0.25) is 0 Å². The molecule has 0 fully saturated rings. The summed E-state index contributed by atoms with van der Waals surface area (Å²) in [6.45, 7) is 11.1. The Morgan fingerprint density at radius 1 is 0.848 bits per heavy atom. The zero-order chi connectivity index (χ0) is 46.8. The highest BCUT2D eigenvalue weighted by Gasteiger charge is 2.52. The van der Waals surface area contributed by atoms with Crippen LogP contribution in [0.1, 0.15) is 80.0 Å². The van der Waals surface area contributed by atoms with Crippen LogP contribution in [0.3, 0.4) is 0 Å². The minimum atomic E-state index is -2.48. The lowest BCUT2D eigenvalue weighted by Crippen LogP contribution is -2.52. The van der Waals surface area contributed by atoms with Gasteiger partial charge in [-0.05, 0) is 94.3 Å². The number of carbonyl (C=O) groups is 3. The van der Waals surface area contributed by atoms with Crippen LogP contribution in [0, 0.1) is 0 Å². The average molecular weight is 897 g/mol. The highest BCUT2D eigenvalue weighted by atomic mass is 16.6. The minimum Gasteiger partial charge on any atom is -0.508 e. The van der Waals surface area contributed by atoms with Crippen LogP contribution in [0.4, 0.5) is 0 Å². The number of ether oxygens (including phenoxy) is 5. The van der Waals surface area contributed by atoms with Gasteiger partial charge in [-0.15, -0.1) is 0 Å². The molecule has 0 radical (unpaired) electrons. The largest absolute Gasteiger partial charge is 0.508 e. The Balaban J connectivity index is 1.05. The molecule has 0 amide bonds. The first-order valence-corrected chi connectivity index (χ1v) is 21.4. The van der Waals surface area contributed by atoms with Gasteiger partial charge in [0.15, 0.2) is 5.60 Å². The quantitative estimate of drug-likeness (QED) is 0.102. The van der Waals surface area contributed by atoms with Crippen LogP contribution in [-0.4, -0.2) is 70.6 Å². The minimum absolute atomic E-state index is 0.00934. The van der Waals surface area contributed by atoms with Crippen molar-refractivity contribution in [1.82, 2.24) is 19.1 Å². The lowest BCUT2D eigenvalue weighted by Gasteiger charge is -2.36. The standard InChI is InChI=1S/C49H44N4O13/c1-7-48(60)34-15-39-41-30(18-53(39)42(55)32(34)21-64-45(48)58)31(29-14-28(9-11-37(29)51-41)63-19-23(2)44(57)66-47(4,5)6)20-62-24(3)49(61)35-16-38-40-26(12-25-13-27(54)8-10-36(25)50-40)17-52(38)43(56)33(35)22-65-46(49)59/h8-16,24,54,60-61H,2,7,17-22H2,1,3-6H3/t24?,48-,49-/m0/s1. The number of nitrogens with zero attached hydrogens (tertiary/aromatic N) is 4. The van der Waals surface area contributed by atoms with Gasteiger partial charge in [0.2, 0.25) is 5.60 Å². The second-order valence-corrected chi connectivity index (χ2v) is 18.1. The maximum Gasteiger partial charge on any atom is 0.345 e. The summed E-state index contributed by atoms with van der Waals surface area (Å²) >= 11 is 0. The van der Waals surface area contributed by atoms with E-state index < -0.39 is 51.9 Å². The van der Waals surface area contributed by atoms with Crippen molar-refractivity contribution in [2.24, 2.45) is 0 Å². The van der Waals surface area contributed by atoms with Crippen molar-refractivity contribution in [2.75, 3.05) is 6.61 Å². The second kappa shape index (κ2) is 14.9. The summed E-state index contributed by atoms with van der Waals surface area (Å²) in [6, 6.07) is 14.8. The third-order valence-electron chi connectivity index (χ3n) is 12.9. The van der Waals surface area contributed by atoms with Crippen molar-refractivity contribution < 1.29 is 53.4 Å². The number of fused-ring (bicyclic) bond motifs is 10. The molecule has 6 aromatic rings. The molecule has 10 rings (SSSR count). The van der Waals surface area contributed by atoms with Gasteiger partial charge < -0.3 is 48.1 Å². The van der Waals surface area contributed by atoms with Gasteiger partial charge in [0.1, 0.15) is 36.9 Å². The number of phenols is 1. The number of hydrogen-bond donors (Lipinski definition) is 3. The van der Waals surface area contributed by atoms with Crippen molar-refractivity contribution in [2.45, 2.75) is 96.9 Å². The van der Waals surface area contributed by atoms with E-state index in [1.54, 1.807) is 70.2 Å². The van der Waals surface area contributed by atoms with Crippen molar-refractivity contribution >= 4 is 39.7 Å². The summed E-state index contributed by atoms with van der Waals surface area (Å²) in [5, 5.41) is 35.3. The van der Waals surface area contributed by atoms with E-state index in [9.17, 15) is 39.3 Å². The molecule has 8 heterocycles. The van der Waals surface area contributed by atoms with Gasteiger partial charge in [0.25, 0.3) is 11.1 Å². The molecule has 0 saturated carbocycles. The maximum atomic E-state index is 14.2. The fourth-order valence-electron chi connectivity index (χ4n) is 9.29. The summed E-state index contributed by atoms with van der Waals surface area (Å²) in [4.78, 5) is 77.5. The zero-order valence-electron chi connectivity index (χ0n) is 36.6. The van der Waals surface area contributed by atoms with Crippen molar-refractivity contribution in [3.63, 3.8) is 0 Å². The zero-order valence-corrected chi connectivity index (χ0v) is 36.6. The third kappa shape index (κ3) is 6.51. The van der Waals surface area contributed by atoms with Crippen molar-refractivity contribution in [3.8, 4) is 34.3 Å². The van der Waals surface area contributed by atoms with Crippen molar-refractivity contribution in [3.05, 3.63) is 126 Å². The number of aromatic nitrogens is 4.